The van der Waals surface area contributed by atoms with E-state index >= 15 is 0 Å². The Kier molecular flexibility index (Phi) is 6.24. The number of para-hydroxylation sites is 1. The molecule has 1 N–H and O–H groups in total. The summed E-state index contributed by atoms with van der Waals surface area (Å²) >= 11 is 0. The fourth-order valence-corrected chi connectivity index (χ4v) is 5.02. The third kappa shape index (κ3) is 4.30. The van der Waals surface area contributed by atoms with Gasteiger partial charge in [0.2, 0.25) is 10.0 Å². The van der Waals surface area contributed by atoms with Crippen molar-refractivity contribution in [2.24, 2.45) is 0 Å². The highest BCUT2D eigenvalue weighted by Crippen LogP contribution is 2.32. The minimum absolute atomic E-state index is 0.116. The molecule has 28 heavy (non-hydrogen) atoms. The van der Waals surface area contributed by atoms with Gasteiger partial charge in [-0.05, 0) is 56.0 Å². The molecule has 0 aliphatic carbocycles. The molecule has 0 spiro atoms. The van der Waals surface area contributed by atoms with Crippen molar-refractivity contribution < 1.29 is 17.9 Å². The molecular weight excluding hydrogens is 376 g/mol. The Bertz CT molecular complexity index is 957. The van der Waals surface area contributed by atoms with Crippen LogP contribution in [0.4, 0.5) is 11.4 Å². The number of benzene rings is 2. The van der Waals surface area contributed by atoms with E-state index in [0.717, 1.165) is 18.4 Å². The highest BCUT2D eigenvalue weighted by atomic mass is 32.2. The van der Waals surface area contributed by atoms with E-state index in [1.54, 1.807) is 24.3 Å². The lowest BCUT2D eigenvalue weighted by Gasteiger charge is -2.31. The zero-order valence-corrected chi connectivity index (χ0v) is 17.1. The maximum absolute atomic E-state index is 12.7. The van der Waals surface area contributed by atoms with Crippen molar-refractivity contribution in [1.29, 1.82) is 0 Å². The lowest BCUT2D eigenvalue weighted by Crippen LogP contribution is -2.37. The normalized spacial score (nSPS) is 13.7. The first-order valence-corrected chi connectivity index (χ1v) is 11.2. The van der Waals surface area contributed by atoms with Crippen molar-refractivity contribution in [3.8, 4) is 5.75 Å². The van der Waals surface area contributed by atoms with E-state index in [2.05, 4.69) is 5.32 Å². The first-order valence-electron chi connectivity index (χ1n) is 9.62. The van der Waals surface area contributed by atoms with Crippen molar-refractivity contribution >= 4 is 27.3 Å². The van der Waals surface area contributed by atoms with Crippen molar-refractivity contribution in [2.75, 3.05) is 28.5 Å². The number of carbonyl (C=O) groups excluding carboxylic acids is 1. The molecule has 0 unspecified atom stereocenters. The van der Waals surface area contributed by atoms with Crippen LogP contribution in [0.2, 0.25) is 0 Å². The number of hydrogen-bond donors (Lipinski definition) is 1. The number of carbonyl (C=O) groups is 1. The summed E-state index contributed by atoms with van der Waals surface area (Å²) < 4.78 is 32.3. The minimum atomic E-state index is -3.36. The van der Waals surface area contributed by atoms with Crippen LogP contribution < -0.4 is 14.4 Å². The molecule has 1 heterocycles. The number of sulfonamides is 1. The van der Waals surface area contributed by atoms with Gasteiger partial charge < -0.3 is 10.1 Å². The molecular formula is C21H26N2O4S. The first-order chi connectivity index (χ1) is 13.5. The molecule has 2 aromatic rings. The van der Waals surface area contributed by atoms with Crippen molar-refractivity contribution in [3.63, 3.8) is 0 Å². The maximum Gasteiger partial charge on any atom is 0.259 e. The van der Waals surface area contributed by atoms with Gasteiger partial charge in [0.1, 0.15) is 5.75 Å². The summed E-state index contributed by atoms with van der Waals surface area (Å²) in [7, 11) is -3.36. The van der Waals surface area contributed by atoms with E-state index < -0.39 is 10.0 Å². The average Bonchev–Trinajstić information content (AvgIpc) is 2.68. The molecule has 0 aromatic heterocycles. The number of aryl methyl sites for hydroxylation is 1. The molecule has 0 fully saturated rings. The fraction of sp³-hybridized carbons (Fsp3) is 0.381. The second-order valence-corrected chi connectivity index (χ2v) is 8.73. The fourth-order valence-electron chi connectivity index (χ4n) is 3.41. The third-order valence-electron chi connectivity index (χ3n) is 4.65. The largest absolute Gasteiger partial charge is 0.493 e. The molecule has 0 atom stereocenters. The summed E-state index contributed by atoms with van der Waals surface area (Å²) in [4.78, 5) is 12.7. The van der Waals surface area contributed by atoms with Crippen LogP contribution in [-0.4, -0.2) is 33.2 Å². The smallest absolute Gasteiger partial charge is 0.259 e. The standard InChI is InChI=1S/C21H26N2O4S/c1-3-14-28(25,26)23-13-7-8-16-11-12-17(15-19(16)23)22-21(24)18-9-5-6-10-20(18)27-4-2/h5-6,9-12,15H,3-4,7-8,13-14H2,1-2H3,(H,22,24). The zero-order valence-electron chi connectivity index (χ0n) is 16.3. The quantitative estimate of drug-likeness (QED) is 0.764. The van der Waals surface area contributed by atoms with Gasteiger partial charge in [0.15, 0.2) is 0 Å². The van der Waals surface area contributed by atoms with E-state index in [4.69, 9.17) is 4.74 Å². The Morgan fingerprint density at radius 1 is 1.18 bits per heavy atom. The Morgan fingerprint density at radius 2 is 1.96 bits per heavy atom. The topological polar surface area (TPSA) is 75.7 Å². The molecule has 1 amide bonds. The highest BCUT2D eigenvalue weighted by Gasteiger charge is 2.27. The van der Waals surface area contributed by atoms with Crippen LogP contribution in [0.3, 0.4) is 0 Å². The van der Waals surface area contributed by atoms with Crippen LogP contribution >= 0.6 is 0 Å². The number of hydrogen-bond acceptors (Lipinski definition) is 4. The van der Waals surface area contributed by atoms with Crippen molar-refractivity contribution in [3.05, 3.63) is 53.6 Å². The van der Waals surface area contributed by atoms with E-state index in [1.807, 2.05) is 32.0 Å². The predicted octanol–water partition coefficient (Wildman–Crippen LogP) is 3.83. The van der Waals surface area contributed by atoms with E-state index in [9.17, 15) is 13.2 Å². The molecule has 1 aliphatic rings. The van der Waals surface area contributed by atoms with Gasteiger partial charge in [-0.25, -0.2) is 8.42 Å². The lowest BCUT2D eigenvalue weighted by atomic mass is 10.0. The number of amides is 1. The number of fused-ring (bicyclic) bond motifs is 1. The molecule has 3 rings (SSSR count). The first kappa shape index (κ1) is 20.2. The zero-order chi connectivity index (χ0) is 20.1. The lowest BCUT2D eigenvalue weighted by molar-refractivity contribution is 0.102. The average molecular weight is 403 g/mol. The molecule has 0 saturated carbocycles. The SMILES string of the molecule is CCCS(=O)(=O)N1CCCc2ccc(NC(=O)c3ccccc3OCC)cc21. The number of nitrogens with zero attached hydrogens (tertiary/aromatic N) is 1. The van der Waals surface area contributed by atoms with Crippen LogP contribution in [0.1, 0.15) is 42.6 Å². The van der Waals surface area contributed by atoms with Gasteiger partial charge in [0, 0.05) is 12.2 Å². The molecule has 0 radical (unpaired) electrons. The van der Waals surface area contributed by atoms with Gasteiger partial charge in [-0.15, -0.1) is 0 Å². The molecule has 0 saturated heterocycles. The van der Waals surface area contributed by atoms with Crippen LogP contribution in [-0.2, 0) is 16.4 Å². The summed E-state index contributed by atoms with van der Waals surface area (Å²) in [6, 6.07) is 12.5. The maximum atomic E-state index is 12.7. The highest BCUT2D eigenvalue weighted by molar-refractivity contribution is 7.92. The van der Waals surface area contributed by atoms with E-state index in [-0.39, 0.29) is 11.7 Å². The molecule has 2 aromatic carbocycles. The van der Waals surface area contributed by atoms with Crippen molar-refractivity contribution in [2.45, 2.75) is 33.1 Å². The summed E-state index contributed by atoms with van der Waals surface area (Å²) in [5.74, 6) is 0.348. The molecule has 150 valence electrons. The van der Waals surface area contributed by atoms with Gasteiger partial charge in [0.25, 0.3) is 5.91 Å². The van der Waals surface area contributed by atoms with Gasteiger partial charge >= 0.3 is 0 Å². The summed E-state index contributed by atoms with van der Waals surface area (Å²) in [6.45, 7) is 4.66. The predicted molar refractivity (Wildman–Crippen MR) is 112 cm³/mol. The molecule has 1 aliphatic heterocycles. The van der Waals surface area contributed by atoms with Gasteiger partial charge in [-0.3, -0.25) is 9.10 Å². The number of ether oxygens (including phenoxy) is 1. The second kappa shape index (κ2) is 8.65. The van der Waals surface area contributed by atoms with Crippen LogP contribution in [0.5, 0.6) is 5.75 Å². The van der Waals surface area contributed by atoms with Crippen LogP contribution in [0.15, 0.2) is 42.5 Å². The minimum Gasteiger partial charge on any atom is -0.493 e. The third-order valence-corrected chi connectivity index (χ3v) is 6.62. The monoisotopic (exact) mass is 402 g/mol. The molecule has 0 bridgehead atoms. The van der Waals surface area contributed by atoms with E-state index in [0.29, 0.717) is 42.3 Å². The van der Waals surface area contributed by atoms with Crippen molar-refractivity contribution in [1.82, 2.24) is 0 Å². The Labute approximate surface area is 166 Å². The van der Waals surface area contributed by atoms with Gasteiger partial charge in [0.05, 0.1) is 23.6 Å². The summed E-state index contributed by atoms with van der Waals surface area (Å²) in [5.41, 5.74) is 2.65. The Hall–Kier alpha value is -2.54. The second-order valence-electron chi connectivity index (χ2n) is 6.72. The Morgan fingerprint density at radius 3 is 2.71 bits per heavy atom. The molecule has 7 heteroatoms. The Balaban J connectivity index is 1.88. The van der Waals surface area contributed by atoms with Gasteiger partial charge in [-0.1, -0.05) is 25.1 Å². The van der Waals surface area contributed by atoms with Gasteiger partial charge in [-0.2, -0.15) is 0 Å². The summed E-state index contributed by atoms with van der Waals surface area (Å²) in [6.07, 6.45) is 2.19. The van der Waals surface area contributed by atoms with Crippen LogP contribution in [0.25, 0.3) is 0 Å². The van der Waals surface area contributed by atoms with E-state index in [1.165, 1.54) is 4.31 Å². The number of anilines is 2. The number of nitrogens with one attached hydrogen (secondary N) is 1. The summed E-state index contributed by atoms with van der Waals surface area (Å²) in [5, 5.41) is 2.87. The number of rotatable bonds is 7. The molecule has 6 nitrogen and oxygen atoms in total. The van der Waals surface area contributed by atoms with Crippen LogP contribution in [0, 0.1) is 0 Å².